The number of benzene rings is 1. The van der Waals surface area contributed by atoms with E-state index < -0.39 is 20.3 Å². The second-order valence-electron chi connectivity index (χ2n) is 4.58. The standard InChI is InChI=1S/C11H14N2O3S/c1-11(2,3)17(15,16)10-8(13-4)6-5-7(12)9(10)14/h5-6,14H,12H2,1-3H3. The molecule has 0 spiro atoms. The molecule has 6 heteroatoms. The SMILES string of the molecule is [C-]#[N+]c1ccc(N)c(O)c1S(=O)(=O)C(C)(C)C. The molecule has 0 aliphatic carbocycles. The van der Waals surface area contributed by atoms with Crippen molar-refractivity contribution in [1.29, 1.82) is 0 Å². The van der Waals surface area contributed by atoms with Gasteiger partial charge in [-0.1, -0.05) is 6.07 Å². The molecule has 5 nitrogen and oxygen atoms in total. The summed E-state index contributed by atoms with van der Waals surface area (Å²) in [6.07, 6.45) is 0. The molecule has 1 rings (SSSR count). The van der Waals surface area contributed by atoms with E-state index in [0.29, 0.717) is 0 Å². The van der Waals surface area contributed by atoms with Crippen molar-refractivity contribution in [2.75, 3.05) is 5.73 Å². The molecule has 0 bridgehead atoms. The van der Waals surface area contributed by atoms with Crippen LogP contribution in [0.15, 0.2) is 17.0 Å². The molecular weight excluding hydrogens is 240 g/mol. The zero-order chi connectivity index (χ0) is 13.4. The van der Waals surface area contributed by atoms with Crippen LogP contribution in [0.5, 0.6) is 5.75 Å². The highest BCUT2D eigenvalue weighted by atomic mass is 32.2. The van der Waals surface area contributed by atoms with Crippen molar-refractivity contribution in [3.8, 4) is 5.75 Å². The molecule has 0 radical (unpaired) electrons. The summed E-state index contributed by atoms with van der Waals surface area (Å²) < 4.78 is 23.4. The lowest BCUT2D eigenvalue weighted by molar-refractivity contribution is 0.460. The first kappa shape index (κ1) is 13.3. The Bertz CT molecular complexity index is 592. The fourth-order valence-corrected chi connectivity index (χ4v) is 2.61. The van der Waals surface area contributed by atoms with Crippen LogP contribution < -0.4 is 5.73 Å². The van der Waals surface area contributed by atoms with E-state index in [-0.39, 0.29) is 16.3 Å². The summed E-state index contributed by atoms with van der Waals surface area (Å²) in [5.41, 5.74) is 5.29. The van der Waals surface area contributed by atoms with E-state index >= 15 is 0 Å². The van der Waals surface area contributed by atoms with E-state index in [1.54, 1.807) is 0 Å². The zero-order valence-corrected chi connectivity index (χ0v) is 10.7. The largest absolute Gasteiger partial charge is 0.506 e. The quantitative estimate of drug-likeness (QED) is 0.456. The number of phenolic OH excluding ortho intramolecular Hbond substituents is 1. The van der Waals surface area contributed by atoms with E-state index in [1.807, 2.05) is 0 Å². The maximum atomic E-state index is 12.2. The van der Waals surface area contributed by atoms with Crippen LogP contribution in [0.3, 0.4) is 0 Å². The van der Waals surface area contributed by atoms with Crippen molar-refractivity contribution in [3.63, 3.8) is 0 Å². The van der Waals surface area contributed by atoms with E-state index in [2.05, 4.69) is 4.85 Å². The molecule has 0 aliphatic rings. The highest BCUT2D eigenvalue weighted by molar-refractivity contribution is 7.93. The molecular formula is C11H14N2O3S. The number of aromatic hydroxyl groups is 1. The molecule has 0 aromatic heterocycles. The fraction of sp³-hybridized carbons (Fsp3) is 0.364. The van der Waals surface area contributed by atoms with Gasteiger partial charge in [0.15, 0.2) is 9.84 Å². The van der Waals surface area contributed by atoms with E-state index in [9.17, 15) is 13.5 Å². The number of nitrogens with two attached hydrogens (primary N) is 1. The van der Waals surface area contributed by atoms with Crippen molar-refractivity contribution in [2.45, 2.75) is 30.4 Å². The number of nitrogen functional groups attached to an aromatic ring is 1. The molecule has 3 N–H and O–H groups in total. The molecule has 0 heterocycles. The van der Waals surface area contributed by atoms with Gasteiger partial charge >= 0.3 is 0 Å². The molecule has 1 aromatic rings. The minimum atomic E-state index is -3.82. The summed E-state index contributed by atoms with van der Waals surface area (Å²) >= 11 is 0. The maximum absolute atomic E-state index is 12.2. The van der Waals surface area contributed by atoms with Gasteiger partial charge in [0.2, 0.25) is 5.69 Å². The number of anilines is 1. The molecule has 0 atom stereocenters. The highest BCUT2D eigenvalue weighted by Gasteiger charge is 2.35. The second-order valence-corrected chi connectivity index (χ2v) is 7.22. The van der Waals surface area contributed by atoms with Gasteiger partial charge < -0.3 is 10.8 Å². The lowest BCUT2D eigenvalue weighted by atomic mass is 10.2. The Kier molecular flexibility index (Phi) is 3.08. The Morgan fingerprint density at radius 3 is 2.29 bits per heavy atom. The van der Waals surface area contributed by atoms with Gasteiger partial charge in [0, 0.05) is 0 Å². The monoisotopic (exact) mass is 254 g/mol. The number of sulfone groups is 1. The molecule has 0 amide bonds. The third kappa shape index (κ3) is 2.06. The van der Waals surface area contributed by atoms with Crippen molar-refractivity contribution in [1.82, 2.24) is 0 Å². The van der Waals surface area contributed by atoms with Crippen molar-refractivity contribution >= 4 is 21.2 Å². The predicted molar refractivity (Wildman–Crippen MR) is 65.7 cm³/mol. The Morgan fingerprint density at radius 1 is 1.35 bits per heavy atom. The first-order valence-corrected chi connectivity index (χ1v) is 6.34. The van der Waals surface area contributed by atoms with Crippen LogP contribution in [0.4, 0.5) is 11.4 Å². The van der Waals surface area contributed by atoms with E-state index in [0.717, 1.165) is 0 Å². The molecule has 17 heavy (non-hydrogen) atoms. The van der Waals surface area contributed by atoms with Crippen LogP contribution in [-0.2, 0) is 9.84 Å². The van der Waals surface area contributed by atoms with Gasteiger partial charge in [0.1, 0.15) is 10.6 Å². The third-order valence-electron chi connectivity index (χ3n) is 2.34. The summed E-state index contributed by atoms with van der Waals surface area (Å²) in [7, 11) is -3.82. The second kappa shape index (κ2) is 3.93. The normalized spacial score (nSPS) is 12.1. The fourth-order valence-electron chi connectivity index (χ4n) is 1.23. The number of hydrogen-bond donors (Lipinski definition) is 2. The zero-order valence-electron chi connectivity index (χ0n) is 9.85. The van der Waals surface area contributed by atoms with Crippen LogP contribution >= 0.6 is 0 Å². The number of hydrogen-bond acceptors (Lipinski definition) is 4. The molecule has 0 saturated heterocycles. The molecule has 0 fully saturated rings. The predicted octanol–water partition coefficient (Wildman–Crippen LogP) is 2.10. The van der Waals surface area contributed by atoms with E-state index in [4.69, 9.17) is 12.3 Å². The summed E-state index contributed by atoms with van der Waals surface area (Å²) in [6.45, 7) is 11.4. The van der Waals surface area contributed by atoms with Crippen molar-refractivity contribution in [3.05, 3.63) is 23.5 Å². The number of phenols is 1. The van der Waals surface area contributed by atoms with Crippen LogP contribution in [0.25, 0.3) is 4.85 Å². The molecule has 0 aliphatic heterocycles. The van der Waals surface area contributed by atoms with Gasteiger partial charge in [-0.3, -0.25) is 0 Å². The van der Waals surface area contributed by atoms with Crippen molar-refractivity contribution in [2.24, 2.45) is 0 Å². The van der Waals surface area contributed by atoms with Gasteiger partial charge in [-0.2, -0.15) is 0 Å². The molecule has 92 valence electrons. The summed E-state index contributed by atoms with van der Waals surface area (Å²) in [6, 6.07) is 2.60. The summed E-state index contributed by atoms with van der Waals surface area (Å²) in [4.78, 5) is 2.72. The molecule has 0 unspecified atom stereocenters. The Balaban J connectivity index is 3.75. The average molecular weight is 254 g/mol. The minimum absolute atomic E-state index is 0.0553. The number of rotatable bonds is 1. The van der Waals surface area contributed by atoms with E-state index in [1.165, 1.54) is 32.9 Å². The van der Waals surface area contributed by atoms with Gasteiger partial charge in [0.25, 0.3) is 0 Å². The average Bonchev–Trinajstić information content (AvgIpc) is 2.19. The summed E-state index contributed by atoms with van der Waals surface area (Å²) in [5, 5.41) is 9.76. The summed E-state index contributed by atoms with van der Waals surface area (Å²) in [5.74, 6) is -0.548. The van der Waals surface area contributed by atoms with Crippen molar-refractivity contribution < 1.29 is 13.5 Å². The van der Waals surface area contributed by atoms with Crippen LogP contribution in [0, 0.1) is 6.57 Å². The highest BCUT2D eigenvalue weighted by Crippen LogP contribution is 2.41. The smallest absolute Gasteiger partial charge is 0.209 e. The van der Waals surface area contributed by atoms with Crippen LogP contribution in [0.2, 0.25) is 0 Å². The first-order chi connectivity index (χ1) is 7.63. The van der Waals surface area contributed by atoms with Crippen LogP contribution in [-0.4, -0.2) is 18.3 Å². The molecule has 0 saturated carbocycles. The number of nitrogens with zero attached hydrogens (tertiary/aromatic N) is 1. The maximum Gasteiger partial charge on any atom is 0.209 e. The first-order valence-electron chi connectivity index (χ1n) is 4.86. The third-order valence-corrected chi connectivity index (χ3v) is 4.89. The molecule has 1 aromatic carbocycles. The topological polar surface area (TPSA) is 84.8 Å². The van der Waals surface area contributed by atoms with Gasteiger partial charge in [-0.15, -0.1) is 0 Å². The van der Waals surface area contributed by atoms with Crippen LogP contribution in [0.1, 0.15) is 20.8 Å². The lowest BCUT2D eigenvalue weighted by Crippen LogP contribution is -2.28. The van der Waals surface area contributed by atoms with Gasteiger partial charge in [0.05, 0.1) is 17.0 Å². The lowest BCUT2D eigenvalue weighted by Gasteiger charge is -2.21. The Labute approximate surface area is 101 Å². The van der Waals surface area contributed by atoms with Gasteiger partial charge in [-0.25, -0.2) is 13.3 Å². The van der Waals surface area contributed by atoms with Gasteiger partial charge in [-0.05, 0) is 26.8 Å². The minimum Gasteiger partial charge on any atom is -0.506 e. The Morgan fingerprint density at radius 2 is 1.88 bits per heavy atom. The Hall–Kier alpha value is -1.74.